The van der Waals surface area contributed by atoms with E-state index >= 15 is 0 Å². The Morgan fingerprint density at radius 3 is 2.32 bits per heavy atom. The van der Waals surface area contributed by atoms with E-state index in [2.05, 4.69) is 10.0 Å². The number of sulfonamides is 1. The van der Waals surface area contributed by atoms with Gasteiger partial charge in [0.15, 0.2) is 0 Å². The Balaban J connectivity index is 2.16. The number of halogens is 1. The molecule has 2 rings (SSSR count). The van der Waals surface area contributed by atoms with E-state index in [4.69, 9.17) is 11.6 Å². The predicted molar refractivity (Wildman–Crippen MR) is 102 cm³/mol. The van der Waals surface area contributed by atoms with Crippen LogP contribution in [0.5, 0.6) is 0 Å². The Bertz CT molecular complexity index is 911. The van der Waals surface area contributed by atoms with E-state index in [-0.39, 0.29) is 22.5 Å². The minimum Gasteiger partial charge on any atom is -0.345 e. The van der Waals surface area contributed by atoms with Gasteiger partial charge in [-0.2, -0.15) is 0 Å². The fourth-order valence-corrected chi connectivity index (χ4v) is 3.19. The summed E-state index contributed by atoms with van der Waals surface area (Å²) >= 11 is 6.13. The summed E-state index contributed by atoms with van der Waals surface area (Å²) in [6, 6.07) is 10.3. The van der Waals surface area contributed by atoms with Gasteiger partial charge in [0.2, 0.25) is 10.0 Å². The number of amides is 1. The van der Waals surface area contributed by atoms with Crippen LogP contribution in [0.2, 0.25) is 5.02 Å². The fourth-order valence-electron chi connectivity index (χ4n) is 2.37. The molecule has 0 spiro atoms. The molecule has 0 unspecified atom stereocenters. The van der Waals surface area contributed by atoms with Crippen molar-refractivity contribution >= 4 is 33.2 Å². The monoisotopic (exact) mass is 380 g/mol. The minimum absolute atomic E-state index is 0.179. The molecular weight excluding hydrogens is 360 g/mol. The van der Waals surface area contributed by atoms with Crippen molar-refractivity contribution in [1.29, 1.82) is 0 Å². The van der Waals surface area contributed by atoms with E-state index in [1.54, 1.807) is 0 Å². The Morgan fingerprint density at radius 2 is 1.76 bits per heavy atom. The number of aryl methyl sites for hydroxylation is 2. The van der Waals surface area contributed by atoms with Crippen LogP contribution >= 0.6 is 11.6 Å². The van der Waals surface area contributed by atoms with Gasteiger partial charge in [0, 0.05) is 5.69 Å². The van der Waals surface area contributed by atoms with Gasteiger partial charge in [-0.25, -0.2) is 8.42 Å². The Morgan fingerprint density at radius 1 is 1.08 bits per heavy atom. The third-order valence-corrected chi connectivity index (χ3v) is 4.81. The van der Waals surface area contributed by atoms with E-state index in [0.717, 1.165) is 17.4 Å². The van der Waals surface area contributed by atoms with Crippen LogP contribution in [0.3, 0.4) is 0 Å². The number of benzene rings is 2. The first-order valence-corrected chi connectivity index (χ1v) is 9.99. The average Bonchev–Trinajstić information content (AvgIpc) is 2.48. The highest BCUT2D eigenvalue weighted by Crippen LogP contribution is 2.23. The summed E-state index contributed by atoms with van der Waals surface area (Å²) in [5.74, 6) is -0.318. The number of carbonyl (C=O) groups is 1. The molecule has 25 heavy (non-hydrogen) atoms. The molecule has 0 aromatic heterocycles. The second-order valence-electron chi connectivity index (χ2n) is 6.11. The van der Waals surface area contributed by atoms with Gasteiger partial charge >= 0.3 is 0 Å². The van der Waals surface area contributed by atoms with Crippen LogP contribution in [0.15, 0.2) is 36.4 Å². The van der Waals surface area contributed by atoms with Crippen LogP contribution in [0.1, 0.15) is 40.0 Å². The lowest BCUT2D eigenvalue weighted by Gasteiger charge is -2.16. The highest BCUT2D eigenvalue weighted by Gasteiger charge is 2.15. The number of hydrogen-bond donors (Lipinski definition) is 2. The van der Waals surface area contributed by atoms with E-state index in [1.807, 2.05) is 39.0 Å². The van der Waals surface area contributed by atoms with Crippen LogP contribution in [0.25, 0.3) is 0 Å². The molecule has 2 aromatic rings. The van der Waals surface area contributed by atoms with Crippen molar-refractivity contribution in [3.05, 3.63) is 63.7 Å². The Kier molecular flexibility index (Phi) is 5.75. The van der Waals surface area contributed by atoms with Gasteiger partial charge in [0.05, 0.1) is 22.9 Å². The second-order valence-corrected chi connectivity index (χ2v) is 8.26. The van der Waals surface area contributed by atoms with Crippen molar-refractivity contribution in [2.75, 3.05) is 11.0 Å². The second kappa shape index (κ2) is 7.45. The fraction of sp³-hybridized carbons (Fsp3) is 0.278. The minimum atomic E-state index is -3.40. The van der Waals surface area contributed by atoms with E-state index < -0.39 is 10.0 Å². The highest BCUT2D eigenvalue weighted by molar-refractivity contribution is 7.92. The normalized spacial score (nSPS) is 12.5. The zero-order valence-electron chi connectivity index (χ0n) is 14.6. The quantitative estimate of drug-likeness (QED) is 0.827. The first-order chi connectivity index (χ1) is 11.6. The maximum absolute atomic E-state index is 12.5. The van der Waals surface area contributed by atoms with Gasteiger partial charge < -0.3 is 5.32 Å². The molecule has 1 atom stereocenters. The van der Waals surface area contributed by atoms with Gasteiger partial charge in [-0.1, -0.05) is 29.8 Å². The van der Waals surface area contributed by atoms with E-state index in [9.17, 15) is 13.2 Å². The van der Waals surface area contributed by atoms with Crippen molar-refractivity contribution in [3.63, 3.8) is 0 Å². The van der Waals surface area contributed by atoms with Crippen LogP contribution in [-0.4, -0.2) is 20.6 Å². The van der Waals surface area contributed by atoms with Crippen molar-refractivity contribution in [1.82, 2.24) is 5.32 Å². The lowest BCUT2D eigenvalue weighted by molar-refractivity contribution is 0.0940. The third-order valence-electron chi connectivity index (χ3n) is 3.90. The molecule has 2 N–H and O–H groups in total. The molecule has 0 saturated heterocycles. The number of carbonyl (C=O) groups excluding carboxylic acids is 1. The molecule has 0 aliphatic rings. The topological polar surface area (TPSA) is 75.3 Å². The molecule has 0 saturated carbocycles. The van der Waals surface area contributed by atoms with Gasteiger partial charge in [0.25, 0.3) is 5.91 Å². The zero-order valence-corrected chi connectivity index (χ0v) is 16.1. The van der Waals surface area contributed by atoms with Crippen LogP contribution < -0.4 is 10.0 Å². The molecule has 0 radical (unpaired) electrons. The predicted octanol–water partition coefficient (Wildman–Crippen LogP) is 3.82. The number of rotatable bonds is 5. The molecule has 134 valence electrons. The summed E-state index contributed by atoms with van der Waals surface area (Å²) in [5, 5.41) is 3.08. The highest BCUT2D eigenvalue weighted by atomic mass is 35.5. The molecule has 0 heterocycles. The van der Waals surface area contributed by atoms with E-state index in [0.29, 0.717) is 5.69 Å². The largest absolute Gasteiger partial charge is 0.345 e. The smallest absolute Gasteiger partial charge is 0.253 e. The molecule has 2 aromatic carbocycles. The van der Waals surface area contributed by atoms with Crippen molar-refractivity contribution in [3.8, 4) is 0 Å². The van der Waals surface area contributed by atoms with Crippen LogP contribution in [0.4, 0.5) is 5.69 Å². The van der Waals surface area contributed by atoms with Crippen LogP contribution in [-0.2, 0) is 10.0 Å². The molecule has 0 aliphatic heterocycles. The maximum atomic E-state index is 12.5. The number of nitrogens with one attached hydrogen (secondary N) is 2. The standard InChI is InChI=1S/C18H21ClN2O3S/c1-11-5-6-14(9-12(11)2)13(3)20-18(22)16-8-7-15(10-17(16)19)21-25(4,23)24/h5-10,13,21H,1-4H3,(H,20,22)/t13-/m0/s1. The maximum Gasteiger partial charge on any atom is 0.253 e. The molecule has 0 aliphatic carbocycles. The summed E-state index contributed by atoms with van der Waals surface area (Å²) < 4.78 is 24.8. The average molecular weight is 381 g/mol. The van der Waals surface area contributed by atoms with E-state index in [1.165, 1.54) is 23.8 Å². The summed E-state index contributed by atoms with van der Waals surface area (Å²) in [4.78, 5) is 12.5. The van der Waals surface area contributed by atoms with Crippen molar-refractivity contribution < 1.29 is 13.2 Å². The number of hydrogen-bond acceptors (Lipinski definition) is 3. The van der Waals surface area contributed by atoms with Crippen LogP contribution in [0, 0.1) is 13.8 Å². The molecule has 0 bridgehead atoms. The molecule has 0 fully saturated rings. The Labute approximate surface area is 153 Å². The SMILES string of the molecule is Cc1ccc([C@H](C)NC(=O)c2ccc(NS(C)(=O)=O)cc2Cl)cc1C. The first kappa shape index (κ1) is 19.3. The summed E-state index contributed by atoms with van der Waals surface area (Å²) in [6.07, 6.45) is 1.05. The first-order valence-electron chi connectivity index (χ1n) is 7.72. The van der Waals surface area contributed by atoms with Crippen molar-refractivity contribution in [2.24, 2.45) is 0 Å². The van der Waals surface area contributed by atoms with Gasteiger partial charge in [-0.3, -0.25) is 9.52 Å². The van der Waals surface area contributed by atoms with Gasteiger partial charge in [-0.15, -0.1) is 0 Å². The summed E-state index contributed by atoms with van der Waals surface area (Å²) in [7, 11) is -3.40. The molecule has 7 heteroatoms. The lowest BCUT2D eigenvalue weighted by Crippen LogP contribution is -2.27. The number of anilines is 1. The third kappa shape index (κ3) is 5.21. The summed E-state index contributed by atoms with van der Waals surface area (Å²) in [6.45, 7) is 5.96. The molecule has 5 nitrogen and oxygen atoms in total. The lowest BCUT2D eigenvalue weighted by atomic mass is 10.0. The van der Waals surface area contributed by atoms with Gasteiger partial charge in [0.1, 0.15) is 0 Å². The zero-order chi connectivity index (χ0) is 18.8. The van der Waals surface area contributed by atoms with Gasteiger partial charge in [-0.05, 0) is 55.7 Å². The molecule has 1 amide bonds. The Hall–Kier alpha value is -2.05. The molecular formula is C18H21ClN2O3S. The van der Waals surface area contributed by atoms with Crippen molar-refractivity contribution in [2.45, 2.75) is 26.8 Å². The summed E-state index contributed by atoms with van der Waals surface area (Å²) in [5.41, 5.74) is 3.96.